The summed E-state index contributed by atoms with van der Waals surface area (Å²) >= 11 is 1.35. The van der Waals surface area contributed by atoms with Gasteiger partial charge in [-0.15, -0.1) is 11.3 Å². The topological polar surface area (TPSA) is 62.3 Å². The number of thiazole rings is 1. The number of nitrogens with one attached hydrogen (secondary N) is 1. The number of carbonyl (C=O) groups is 2. The first-order chi connectivity index (χ1) is 12.3. The van der Waals surface area contributed by atoms with Gasteiger partial charge in [0, 0.05) is 22.7 Å². The number of unbranched alkanes of at least 4 members (excludes halogenated alkanes) is 1. The molecule has 1 heterocycles. The highest BCUT2D eigenvalue weighted by atomic mass is 32.1. The first-order valence-corrected chi connectivity index (χ1v) is 9.79. The molecule has 1 aromatic carbocycles. The first-order valence-electron chi connectivity index (χ1n) is 8.91. The van der Waals surface area contributed by atoms with Gasteiger partial charge in [-0.25, -0.2) is 4.98 Å². The third-order valence-electron chi connectivity index (χ3n) is 4.06. The Morgan fingerprint density at radius 3 is 2.42 bits per heavy atom. The highest BCUT2D eigenvalue weighted by molar-refractivity contribution is 7.13. The molecule has 0 fully saturated rings. The van der Waals surface area contributed by atoms with E-state index >= 15 is 0 Å². The van der Waals surface area contributed by atoms with Gasteiger partial charge in [0.1, 0.15) is 6.54 Å². The van der Waals surface area contributed by atoms with Crippen molar-refractivity contribution < 1.29 is 9.59 Å². The molecular weight excluding hydrogens is 346 g/mol. The monoisotopic (exact) mass is 373 g/mol. The number of carbonyl (C=O) groups excluding carboxylic acids is 2. The predicted molar refractivity (Wildman–Crippen MR) is 107 cm³/mol. The molecule has 1 aromatic heterocycles. The Hall–Kier alpha value is -2.21. The lowest BCUT2D eigenvalue weighted by Crippen LogP contribution is -2.49. The van der Waals surface area contributed by atoms with Crippen molar-refractivity contribution in [3.8, 4) is 0 Å². The summed E-state index contributed by atoms with van der Waals surface area (Å²) in [6.07, 6.45) is 4.93. The molecule has 0 aliphatic heterocycles. The fraction of sp³-hybridized carbons (Fsp3) is 0.450. The fourth-order valence-corrected chi connectivity index (χ4v) is 3.10. The molecule has 0 saturated carbocycles. The van der Waals surface area contributed by atoms with Crippen LogP contribution in [0.25, 0.3) is 0 Å². The molecule has 0 aliphatic rings. The fourth-order valence-electron chi connectivity index (χ4n) is 2.55. The van der Waals surface area contributed by atoms with Crippen LogP contribution in [0.15, 0.2) is 35.8 Å². The number of hydrogen-bond acceptors (Lipinski definition) is 4. The molecule has 1 N–H and O–H groups in total. The molecule has 0 atom stereocenters. The minimum absolute atomic E-state index is 0.0144. The molecule has 0 unspecified atom stereocenters. The Morgan fingerprint density at radius 1 is 1.19 bits per heavy atom. The average molecular weight is 374 g/mol. The largest absolute Gasteiger partial charge is 0.324 e. The Kier molecular flexibility index (Phi) is 6.91. The highest BCUT2D eigenvalue weighted by Crippen LogP contribution is 2.19. The van der Waals surface area contributed by atoms with Gasteiger partial charge < -0.3 is 10.2 Å². The van der Waals surface area contributed by atoms with E-state index in [1.807, 2.05) is 45.0 Å². The van der Waals surface area contributed by atoms with E-state index in [9.17, 15) is 9.59 Å². The minimum Gasteiger partial charge on any atom is -0.324 e. The summed E-state index contributed by atoms with van der Waals surface area (Å²) in [5.41, 5.74) is 1.35. The Bertz CT molecular complexity index is 719. The van der Waals surface area contributed by atoms with Crippen LogP contribution in [0.2, 0.25) is 0 Å². The molecule has 0 bridgehead atoms. The van der Waals surface area contributed by atoms with Gasteiger partial charge in [0.15, 0.2) is 5.13 Å². The van der Waals surface area contributed by atoms with Crippen LogP contribution in [0.4, 0.5) is 5.13 Å². The second kappa shape index (κ2) is 8.94. The maximum atomic E-state index is 13.0. The summed E-state index contributed by atoms with van der Waals surface area (Å²) in [5.74, 6) is -0.392. The van der Waals surface area contributed by atoms with Gasteiger partial charge in [0.25, 0.3) is 5.91 Å². The van der Waals surface area contributed by atoms with E-state index in [1.54, 1.807) is 16.5 Å². The molecule has 0 aliphatic carbocycles. The predicted octanol–water partition coefficient (Wildman–Crippen LogP) is 4.37. The Morgan fingerprint density at radius 2 is 1.88 bits per heavy atom. The van der Waals surface area contributed by atoms with E-state index in [0.29, 0.717) is 10.7 Å². The zero-order valence-corrected chi connectivity index (χ0v) is 16.7. The van der Waals surface area contributed by atoms with E-state index in [0.717, 1.165) is 19.3 Å². The molecule has 0 saturated heterocycles. The molecule has 0 spiro atoms. The number of aromatic nitrogens is 1. The lowest BCUT2D eigenvalue weighted by atomic mass is 10.0. The van der Waals surface area contributed by atoms with Crippen molar-refractivity contribution in [2.24, 2.45) is 0 Å². The standard InChI is InChI=1S/C20H27N3O2S/c1-5-6-7-15-8-10-16(11-9-15)18(25)23(20(2,3)4)14-17(24)22-19-21-12-13-26-19/h8-13H,5-7,14H2,1-4H3,(H,21,22,24). The maximum Gasteiger partial charge on any atom is 0.254 e. The van der Waals surface area contributed by atoms with E-state index in [1.165, 1.54) is 16.9 Å². The number of rotatable bonds is 7. The quantitative estimate of drug-likeness (QED) is 0.784. The van der Waals surface area contributed by atoms with Gasteiger partial charge in [-0.05, 0) is 51.3 Å². The third kappa shape index (κ3) is 5.66. The minimum atomic E-state index is -0.474. The zero-order valence-electron chi connectivity index (χ0n) is 15.9. The summed E-state index contributed by atoms with van der Waals surface area (Å²) in [5, 5.41) is 5.07. The van der Waals surface area contributed by atoms with Crippen LogP contribution in [0.5, 0.6) is 0 Å². The summed E-state index contributed by atoms with van der Waals surface area (Å²) < 4.78 is 0. The van der Waals surface area contributed by atoms with Crippen molar-refractivity contribution in [2.75, 3.05) is 11.9 Å². The second-order valence-electron chi connectivity index (χ2n) is 7.25. The maximum absolute atomic E-state index is 13.0. The van der Waals surface area contributed by atoms with Crippen LogP contribution in [-0.4, -0.2) is 33.8 Å². The molecule has 2 aromatic rings. The van der Waals surface area contributed by atoms with E-state index in [4.69, 9.17) is 0 Å². The zero-order chi connectivity index (χ0) is 19.2. The van der Waals surface area contributed by atoms with E-state index in [-0.39, 0.29) is 18.4 Å². The van der Waals surface area contributed by atoms with Crippen LogP contribution in [-0.2, 0) is 11.2 Å². The summed E-state index contributed by atoms with van der Waals surface area (Å²) in [7, 11) is 0. The third-order valence-corrected chi connectivity index (χ3v) is 4.74. The summed E-state index contributed by atoms with van der Waals surface area (Å²) in [4.78, 5) is 31.0. The molecule has 140 valence electrons. The number of anilines is 1. The first kappa shape index (κ1) is 20.1. The van der Waals surface area contributed by atoms with Crippen LogP contribution in [0.3, 0.4) is 0 Å². The summed E-state index contributed by atoms with van der Waals surface area (Å²) in [6, 6.07) is 7.70. The van der Waals surface area contributed by atoms with Gasteiger partial charge >= 0.3 is 0 Å². The number of hydrogen-bond donors (Lipinski definition) is 1. The van der Waals surface area contributed by atoms with Crippen LogP contribution >= 0.6 is 11.3 Å². The van der Waals surface area contributed by atoms with Gasteiger partial charge in [-0.3, -0.25) is 9.59 Å². The number of nitrogens with zero attached hydrogens (tertiary/aromatic N) is 2. The second-order valence-corrected chi connectivity index (χ2v) is 8.14. The lowest BCUT2D eigenvalue weighted by Gasteiger charge is -2.35. The molecule has 5 nitrogen and oxygen atoms in total. The van der Waals surface area contributed by atoms with Crippen LogP contribution in [0, 0.1) is 0 Å². The number of aryl methyl sites for hydroxylation is 1. The average Bonchev–Trinajstić information content (AvgIpc) is 3.09. The molecule has 0 radical (unpaired) electrons. The van der Waals surface area contributed by atoms with Crippen molar-refractivity contribution in [3.05, 3.63) is 47.0 Å². The van der Waals surface area contributed by atoms with Crippen LogP contribution in [0.1, 0.15) is 56.5 Å². The van der Waals surface area contributed by atoms with Crippen LogP contribution < -0.4 is 5.32 Å². The summed E-state index contributed by atoms with van der Waals surface area (Å²) in [6.45, 7) is 7.93. The van der Waals surface area contributed by atoms with E-state index < -0.39 is 5.54 Å². The molecule has 2 amide bonds. The van der Waals surface area contributed by atoms with Crippen molar-refractivity contribution in [1.29, 1.82) is 0 Å². The Balaban J connectivity index is 2.10. The van der Waals surface area contributed by atoms with Gasteiger partial charge in [0.2, 0.25) is 5.91 Å². The van der Waals surface area contributed by atoms with Crippen molar-refractivity contribution in [3.63, 3.8) is 0 Å². The molecule has 6 heteroatoms. The van der Waals surface area contributed by atoms with Gasteiger partial charge in [-0.1, -0.05) is 25.5 Å². The molecule has 26 heavy (non-hydrogen) atoms. The molecular formula is C20H27N3O2S. The smallest absolute Gasteiger partial charge is 0.254 e. The normalized spacial score (nSPS) is 11.2. The van der Waals surface area contributed by atoms with Gasteiger partial charge in [0.05, 0.1) is 0 Å². The number of benzene rings is 1. The number of amides is 2. The van der Waals surface area contributed by atoms with Gasteiger partial charge in [-0.2, -0.15) is 0 Å². The molecule has 2 rings (SSSR count). The lowest BCUT2D eigenvalue weighted by molar-refractivity contribution is -0.117. The SMILES string of the molecule is CCCCc1ccc(C(=O)N(CC(=O)Nc2nccs2)C(C)(C)C)cc1. The van der Waals surface area contributed by atoms with Crippen molar-refractivity contribution in [2.45, 2.75) is 52.5 Å². The highest BCUT2D eigenvalue weighted by Gasteiger charge is 2.29. The van der Waals surface area contributed by atoms with E-state index in [2.05, 4.69) is 17.2 Å². The Labute approximate surface area is 159 Å². The van der Waals surface area contributed by atoms with Crippen molar-refractivity contribution >= 4 is 28.3 Å². The van der Waals surface area contributed by atoms with Crippen molar-refractivity contribution in [1.82, 2.24) is 9.88 Å².